The van der Waals surface area contributed by atoms with E-state index in [-0.39, 0.29) is 5.91 Å². The Labute approximate surface area is 148 Å². The van der Waals surface area contributed by atoms with E-state index in [9.17, 15) is 4.79 Å². The van der Waals surface area contributed by atoms with E-state index in [1.807, 2.05) is 29.2 Å². The first-order chi connectivity index (χ1) is 11.6. The van der Waals surface area contributed by atoms with Gasteiger partial charge in [0, 0.05) is 41.5 Å². The second-order valence-electron chi connectivity index (χ2n) is 6.48. The van der Waals surface area contributed by atoms with Crippen LogP contribution >= 0.6 is 11.6 Å². The van der Waals surface area contributed by atoms with Gasteiger partial charge in [0.15, 0.2) is 0 Å². The number of rotatable bonds is 3. The zero-order chi connectivity index (χ0) is 17.1. The number of nitrogens with zero attached hydrogens (tertiary/aromatic N) is 2. The minimum atomic E-state index is 0.114. The molecule has 1 fully saturated rings. The average Bonchev–Trinajstić information content (AvgIpc) is 2.61. The van der Waals surface area contributed by atoms with Crippen molar-refractivity contribution in [2.24, 2.45) is 0 Å². The van der Waals surface area contributed by atoms with Gasteiger partial charge in [-0.25, -0.2) is 0 Å². The Morgan fingerprint density at radius 2 is 2.17 bits per heavy atom. The first kappa shape index (κ1) is 17.0. The quantitative estimate of drug-likeness (QED) is 0.815. The third-order valence-corrected chi connectivity index (χ3v) is 5.04. The standard InChI is InChI=1S/C20H23ClN2O/c1-3-18-12-15(8-9-22-18)20(24)23-10-4-5-16(13-23)19-7-6-17(21)11-14(19)2/h6-9,11-12,16H,3-5,10,13H2,1-2H3/t16-/m0/s1. The highest BCUT2D eigenvalue weighted by Gasteiger charge is 2.26. The van der Waals surface area contributed by atoms with Gasteiger partial charge < -0.3 is 4.90 Å². The topological polar surface area (TPSA) is 33.2 Å². The summed E-state index contributed by atoms with van der Waals surface area (Å²) in [4.78, 5) is 19.1. The minimum absolute atomic E-state index is 0.114. The molecule has 1 aliphatic rings. The Morgan fingerprint density at radius 1 is 1.33 bits per heavy atom. The van der Waals surface area contributed by atoms with E-state index in [2.05, 4.69) is 24.9 Å². The predicted molar refractivity (Wildman–Crippen MR) is 97.7 cm³/mol. The van der Waals surface area contributed by atoms with Crippen molar-refractivity contribution >= 4 is 17.5 Å². The van der Waals surface area contributed by atoms with Crippen molar-refractivity contribution in [2.45, 2.75) is 39.0 Å². The number of amides is 1. The molecule has 0 spiro atoms. The van der Waals surface area contributed by atoms with Crippen LogP contribution in [-0.2, 0) is 6.42 Å². The molecule has 1 aromatic heterocycles. The number of aromatic nitrogens is 1. The van der Waals surface area contributed by atoms with Gasteiger partial charge in [-0.3, -0.25) is 9.78 Å². The van der Waals surface area contributed by atoms with Gasteiger partial charge in [-0.1, -0.05) is 24.6 Å². The number of piperidine rings is 1. The van der Waals surface area contributed by atoms with Crippen molar-refractivity contribution in [1.82, 2.24) is 9.88 Å². The second-order valence-corrected chi connectivity index (χ2v) is 6.92. The Bertz CT molecular complexity index is 744. The average molecular weight is 343 g/mol. The van der Waals surface area contributed by atoms with Gasteiger partial charge in [0.2, 0.25) is 0 Å². The lowest BCUT2D eigenvalue weighted by Crippen LogP contribution is -2.39. The van der Waals surface area contributed by atoms with Crippen LogP contribution in [0.1, 0.15) is 52.9 Å². The zero-order valence-corrected chi connectivity index (χ0v) is 15.0. The molecule has 1 aliphatic heterocycles. The summed E-state index contributed by atoms with van der Waals surface area (Å²) >= 11 is 6.07. The monoisotopic (exact) mass is 342 g/mol. The summed E-state index contributed by atoms with van der Waals surface area (Å²) in [6.45, 7) is 5.74. The van der Waals surface area contributed by atoms with Crippen molar-refractivity contribution in [3.8, 4) is 0 Å². The van der Waals surface area contributed by atoms with Gasteiger partial charge in [-0.2, -0.15) is 0 Å². The fraction of sp³-hybridized carbons (Fsp3) is 0.400. The number of halogens is 1. The summed E-state index contributed by atoms with van der Waals surface area (Å²) < 4.78 is 0. The van der Waals surface area contributed by atoms with Gasteiger partial charge in [-0.15, -0.1) is 0 Å². The number of aryl methyl sites for hydroxylation is 2. The molecule has 0 radical (unpaired) electrons. The van der Waals surface area contributed by atoms with Crippen molar-refractivity contribution < 1.29 is 4.79 Å². The van der Waals surface area contributed by atoms with Crippen molar-refractivity contribution in [3.05, 3.63) is 63.9 Å². The largest absolute Gasteiger partial charge is 0.338 e. The molecule has 0 aliphatic carbocycles. The van der Waals surface area contributed by atoms with Crippen LogP contribution in [-0.4, -0.2) is 28.9 Å². The van der Waals surface area contributed by atoms with Gasteiger partial charge in [-0.05, 0) is 61.6 Å². The molecule has 2 aromatic rings. The lowest BCUT2D eigenvalue weighted by Gasteiger charge is -2.34. The molecule has 126 valence electrons. The van der Waals surface area contributed by atoms with Crippen LogP contribution in [0.25, 0.3) is 0 Å². The first-order valence-corrected chi connectivity index (χ1v) is 8.96. The number of hydrogen-bond acceptors (Lipinski definition) is 2. The van der Waals surface area contributed by atoms with E-state index >= 15 is 0 Å². The molecule has 0 N–H and O–H groups in total. The lowest BCUT2D eigenvalue weighted by molar-refractivity contribution is 0.0706. The number of hydrogen-bond donors (Lipinski definition) is 0. The van der Waals surface area contributed by atoms with Gasteiger partial charge in [0.25, 0.3) is 5.91 Å². The SMILES string of the molecule is CCc1cc(C(=O)N2CCC[C@H](c3ccc(Cl)cc3C)C2)ccn1. The number of benzene rings is 1. The highest BCUT2D eigenvalue weighted by Crippen LogP contribution is 2.31. The van der Waals surface area contributed by atoms with E-state index in [0.717, 1.165) is 48.6 Å². The summed E-state index contributed by atoms with van der Waals surface area (Å²) in [6, 6.07) is 9.80. The molecule has 24 heavy (non-hydrogen) atoms. The van der Waals surface area contributed by atoms with E-state index in [0.29, 0.717) is 5.92 Å². The van der Waals surface area contributed by atoms with Crippen LogP contribution in [0.4, 0.5) is 0 Å². The fourth-order valence-corrected chi connectivity index (χ4v) is 3.73. The van der Waals surface area contributed by atoms with Gasteiger partial charge in [0.1, 0.15) is 0 Å². The molecule has 1 saturated heterocycles. The van der Waals surface area contributed by atoms with Gasteiger partial charge >= 0.3 is 0 Å². The predicted octanol–water partition coefficient (Wildman–Crippen LogP) is 4.63. The van der Waals surface area contributed by atoms with Crippen molar-refractivity contribution in [3.63, 3.8) is 0 Å². The Balaban J connectivity index is 1.78. The molecule has 2 heterocycles. The molecule has 0 bridgehead atoms. The molecule has 1 atom stereocenters. The van der Waals surface area contributed by atoms with Crippen LogP contribution in [0.5, 0.6) is 0 Å². The maximum atomic E-state index is 12.9. The lowest BCUT2D eigenvalue weighted by atomic mass is 9.87. The summed E-state index contributed by atoms with van der Waals surface area (Å²) in [5.74, 6) is 0.496. The van der Waals surface area contributed by atoms with Crippen LogP contribution in [0.3, 0.4) is 0 Å². The Kier molecular flexibility index (Phi) is 5.20. The maximum Gasteiger partial charge on any atom is 0.253 e. The summed E-state index contributed by atoms with van der Waals surface area (Å²) in [5, 5.41) is 0.767. The Morgan fingerprint density at radius 3 is 2.92 bits per heavy atom. The van der Waals surface area contributed by atoms with Crippen molar-refractivity contribution in [1.29, 1.82) is 0 Å². The molecular weight excluding hydrogens is 320 g/mol. The number of carbonyl (C=O) groups is 1. The number of pyridine rings is 1. The highest BCUT2D eigenvalue weighted by molar-refractivity contribution is 6.30. The van der Waals surface area contributed by atoms with E-state index in [1.54, 1.807) is 6.20 Å². The van der Waals surface area contributed by atoms with Crippen molar-refractivity contribution in [2.75, 3.05) is 13.1 Å². The molecule has 3 rings (SSSR count). The third kappa shape index (κ3) is 3.62. The van der Waals surface area contributed by atoms with E-state index < -0.39 is 0 Å². The second kappa shape index (κ2) is 7.35. The fourth-order valence-electron chi connectivity index (χ4n) is 3.50. The molecular formula is C20H23ClN2O. The summed E-state index contributed by atoms with van der Waals surface area (Å²) in [5.41, 5.74) is 4.22. The molecule has 4 heteroatoms. The number of likely N-dealkylation sites (tertiary alicyclic amines) is 1. The normalized spacial score (nSPS) is 17.8. The minimum Gasteiger partial charge on any atom is -0.338 e. The molecule has 0 unspecified atom stereocenters. The van der Waals surface area contributed by atoms with Crippen LogP contribution in [0, 0.1) is 6.92 Å². The zero-order valence-electron chi connectivity index (χ0n) is 14.3. The molecule has 1 aromatic carbocycles. The Hall–Kier alpha value is -1.87. The number of carbonyl (C=O) groups excluding carboxylic acids is 1. The van der Waals surface area contributed by atoms with Crippen LogP contribution < -0.4 is 0 Å². The van der Waals surface area contributed by atoms with Crippen LogP contribution in [0.15, 0.2) is 36.5 Å². The van der Waals surface area contributed by atoms with Crippen LogP contribution in [0.2, 0.25) is 5.02 Å². The summed E-state index contributed by atoms with van der Waals surface area (Å²) in [6.07, 6.45) is 4.72. The molecule has 1 amide bonds. The third-order valence-electron chi connectivity index (χ3n) is 4.81. The maximum absolute atomic E-state index is 12.9. The molecule has 0 saturated carbocycles. The van der Waals surface area contributed by atoms with E-state index in [1.165, 1.54) is 11.1 Å². The van der Waals surface area contributed by atoms with Gasteiger partial charge in [0.05, 0.1) is 0 Å². The smallest absolute Gasteiger partial charge is 0.253 e. The highest BCUT2D eigenvalue weighted by atomic mass is 35.5. The first-order valence-electron chi connectivity index (χ1n) is 8.58. The summed E-state index contributed by atoms with van der Waals surface area (Å²) in [7, 11) is 0. The molecule has 3 nitrogen and oxygen atoms in total. The van der Waals surface area contributed by atoms with E-state index in [4.69, 9.17) is 11.6 Å².